The minimum absolute atomic E-state index is 0.0641. The first-order valence-electron chi connectivity index (χ1n) is 8.98. The number of hydrogen-bond acceptors (Lipinski definition) is 5. The summed E-state index contributed by atoms with van der Waals surface area (Å²) in [7, 11) is 1.63. The number of ether oxygens (including phenoxy) is 1. The topological polar surface area (TPSA) is 86.9 Å². The van der Waals surface area contributed by atoms with E-state index in [0.717, 1.165) is 27.9 Å². The van der Waals surface area contributed by atoms with E-state index in [1.807, 2.05) is 55.5 Å². The Morgan fingerprint density at radius 3 is 2.68 bits per heavy atom. The molecule has 0 spiro atoms. The van der Waals surface area contributed by atoms with Gasteiger partial charge < -0.3 is 10.1 Å². The Labute approximate surface area is 161 Å². The van der Waals surface area contributed by atoms with Crippen LogP contribution >= 0.6 is 0 Å². The highest BCUT2D eigenvalue weighted by Gasteiger charge is 2.17. The van der Waals surface area contributed by atoms with Crippen molar-refractivity contribution in [3.63, 3.8) is 0 Å². The molecule has 2 aromatic heterocycles. The van der Waals surface area contributed by atoms with E-state index in [1.165, 1.54) is 11.0 Å². The molecule has 0 aliphatic heterocycles. The first-order chi connectivity index (χ1) is 13.7. The molecule has 8 heteroatoms. The third-order valence-electron chi connectivity index (χ3n) is 4.40. The number of hydrogen-bond donors (Lipinski definition) is 1. The number of aryl methyl sites for hydroxylation is 1. The number of rotatable bonds is 6. The molecule has 4 rings (SSSR count). The maximum atomic E-state index is 12.5. The lowest BCUT2D eigenvalue weighted by Crippen LogP contribution is -2.20. The number of para-hydroxylation sites is 2. The fourth-order valence-corrected chi connectivity index (χ4v) is 3.11. The van der Waals surface area contributed by atoms with Crippen molar-refractivity contribution < 1.29 is 9.53 Å². The molecule has 0 unspecified atom stereocenters. The molecule has 0 atom stereocenters. The predicted molar refractivity (Wildman–Crippen MR) is 106 cm³/mol. The summed E-state index contributed by atoms with van der Waals surface area (Å²) in [6, 6.07) is 15.5. The van der Waals surface area contributed by atoms with Crippen molar-refractivity contribution in [3.8, 4) is 17.0 Å². The van der Waals surface area contributed by atoms with Gasteiger partial charge in [0.05, 0.1) is 25.4 Å². The van der Waals surface area contributed by atoms with Crippen LogP contribution in [0.25, 0.3) is 22.2 Å². The second-order valence-corrected chi connectivity index (χ2v) is 6.19. The molecule has 8 nitrogen and oxygen atoms in total. The summed E-state index contributed by atoms with van der Waals surface area (Å²) in [6.45, 7) is 2.64. The fraction of sp³-hybridized carbons (Fsp3) is 0.200. The van der Waals surface area contributed by atoms with Gasteiger partial charge in [-0.25, -0.2) is 0 Å². The molecule has 2 heterocycles. The highest BCUT2D eigenvalue weighted by Crippen LogP contribution is 2.34. The van der Waals surface area contributed by atoms with Crippen molar-refractivity contribution in [2.75, 3.05) is 12.4 Å². The maximum Gasteiger partial charge on any atom is 0.247 e. The minimum Gasteiger partial charge on any atom is -0.496 e. The molecule has 1 N–H and O–H groups in total. The Bertz CT molecular complexity index is 1130. The molecule has 0 fully saturated rings. The Kier molecular flexibility index (Phi) is 4.76. The first-order valence-corrected chi connectivity index (χ1v) is 8.98. The van der Waals surface area contributed by atoms with Gasteiger partial charge in [0.1, 0.15) is 18.0 Å². The largest absolute Gasteiger partial charge is 0.496 e. The van der Waals surface area contributed by atoms with Crippen molar-refractivity contribution >= 4 is 22.6 Å². The molecular formula is C20H20N6O2. The van der Waals surface area contributed by atoms with Gasteiger partial charge in [0.15, 0.2) is 5.82 Å². The Balaban J connectivity index is 1.67. The summed E-state index contributed by atoms with van der Waals surface area (Å²) in [5, 5.41) is 16.7. The zero-order valence-corrected chi connectivity index (χ0v) is 15.7. The summed E-state index contributed by atoms with van der Waals surface area (Å²) >= 11 is 0. The number of anilines is 1. The van der Waals surface area contributed by atoms with Crippen molar-refractivity contribution in [3.05, 3.63) is 54.7 Å². The molecule has 2 aromatic carbocycles. The zero-order valence-electron chi connectivity index (χ0n) is 15.7. The van der Waals surface area contributed by atoms with Crippen LogP contribution < -0.4 is 10.1 Å². The quantitative estimate of drug-likeness (QED) is 0.559. The van der Waals surface area contributed by atoms with Crippen LogP contribution in [0.2, 0.25) is 0 Å². The van der Waals surface area contributed by atoms with E-state index >= 15 is 0 Å². The van der Waals surface area contributed by atoms with E-state index in [9.17, 15) is 4.79 Å². The van der Waals surface area contributed by atoms with Crippen LogP contribution in [0.4, 0.5) is 5.82 Å². The Morgan fingerprint density at radius 2 is 1.89 bits per heavy atom. The molecule has 4 aromatic rings. The third kappa shape index (κ3) is 3.32. The maximum absolute atomic E-state index is 12.5. The molecule has 0 aliphatic carbocycles. The standard InChI is InChI=1S/C20H20N6O2/c1-3-26-21-12-18(23-26)22-19(27)13-25-16-10-6-4-8-14(16)20(24-25)15-9-5-7-11-17(15)28-2/h4-12H,3,13H2,1-2H3,(H,22,23,27). The fourth-order valence-electron chi connectivity index (χ4n) is 3.11. The van der Waals surface area contributed by atoms with E-state index in [4.69, 9.17) is 9.84 Å². The van der Waals surface area contributed by atoms with Gasteiger partial charge in [0.25, 0.3) is 0 Å². The van der Waals surface area contributed by atoms with E-state index in [2.05, 4.69) is 15.5 Å². The molecule has 0 aliphatic rings. The van der Waals surface area contributed by atoms with E-state index in [-0.39, 0.29) is 12.5 Å². The monoisotopic (exact) mass is 376 g/mol. The van der Waals surface area contributed by atoms with Gasteiger partial charge in [-0.05, 0) is 25.1 Å². The number of carbonyl (C=O) groups is 1. The number of amides is 1. The van der Waals surface area contributed by atoms with Crippen molar-refractivity contribution in [2.24, 2.45) is 0 Å². The minimum atomic E-state index is -0.219. The molecule has 28 heavy (non-hydrogen) atoms. The zero-order chi connectivity index (χ0) is 19.5. The van der Waals surface area contributed by atoms with Crippen molar-refractivity contribution in [1.82, 2.24) is 24.8 Å². The molecular weight excluding hydrogens is 356 g/mol. The van der Waals surface area contributed by atoms with Gasteiger partial charge in [0, 0.05) is 10.9 Å². The van der Waals surface area contributed by atoms with Gasteiger partial charge in [-0.3, -0.25) is 9.48 Å². The number of nitrogens with one attached hydrogen (secondary N) is 1. The van der Waals surface area contributed by atoms with E-state index < -0.39 is 0 Å². The molecule has 0 saturated heterocycles. The smallest absolute Gasteiger partial charge is 0.247 e. The van der Waals surface area contributed by atoms with Crippen LogP contribution in [0, 0.1) is 0 Å². The van der Waals surface area contributed by atoms with Crippen molar-refractivity contribution in [2.45, 2.75) is 20.0 Å². The van der Waals surface area contributed by atoms with Crippen LogP contribution in [-0.4, -0.2) is 37.8 Å². The van der Waals surface area contributed by atoms with Crippen LogP contribution in [0.5, 0.6) is 5.75 Å². The summed E-state index contributed by atoms with van der Waals surface area (Å²) in [5.41, 5.74) is 2.53. The SMILES string of the molecule is CCn1ncc(NC(=O)Cn2nc(-c3ccccc3OC)c3ccccc32)n1. The summed E-state index contributed by atoms with van der Waals surface area (Å²) in [4.78, 5) is 14.0. The van der Waals surface area contributed by atoms with E-state index in [1.54, 1.807) is 11.8 Å². The lowest BCUT2D eigenvalue weighted by molar-refractivity contribution is -0.116. The van der Waals surface area contributed by atoms with Gasteiger partial charge in [-0.1, -0.05) is 30.3 Å². The average Bonchev–Trinajstić information content (AvgIpc) is 3.32. The second kappa shape index (κ2) is 7.51. The highest BCUT2D eigenvalue weighted by molar-refractivity contribution is 5.96. The second-order valence-electron chi connectivity index (χ2n) is 6.19. The Hall–Kier alpha value is -3.68. The lowest BCUT2D eigenvalue weighted by atomic mass is 10.1. The summed E-state index contributed by atoms with van der Waals surface area (Å²) in [6.07, 6.45) is 1.53. The van der Waals surface area contributed by atoms with Crippen LogP contribution in [0.1, 0.15) is 6.92 Å². The normalized spacial score (nSPS) is 10.9. The number of methoxy groups -OCH3 is 1. The number of nitrogens with zero attached hydrogens (tertiary/aromatic N) is 5. The molecule has 142 valence electrons. The third-order valence-corrected chi connectivity index (χ3v) is 4.40. The highest BCUT2D eigenvalue weighted by atomic mass is 16.5. The van der Waals surface area contributed by atoms with Gasteiger partial charge in [0.2, 0.25) is 5.91 Å². The Morgan fingerprint density at radius 1 is 1.11 bits per heavy atom. The number of aromatic nitrogens is 5. The van der Waals surface area contributed by atoms with Crippen LogP contribution in [0.3, 0.4) is 0 Å². The molecule has 1 amide bonds. The molecule has 0 radical (unpaired) electrons. The average molecular weight is 376 g/mol. The van der Waals surface area contributed by atoms with Gasteiger partial charge in [-0.2, -0.15) is 15.0 Å². The lowest BCUT2D eigenvalue weighted by Gasteiger charge is -2.06. The van der Waals surface area contributed by atoms with Gasteiger partial charge >= 0.3 is 0 Å². The summed E-state index contributed by atoms with van der Waals surface area (Å²) in [5.74, 6) is 0.940. The number of benzene rings is 2. The number of carbonyl (C=O) groups excluding carboxylic acids is 1. The number of fused-ring (bicyclic) bond motifs is 1. The predicted octanol–water partition coefficient (Wildman–Crippen LogP) is 2.96. The molecule has 0 saturated carbocycles. The summed E-state index contributed by atoms with van der Waals surface area (Å²) < 4.78 is 7.18. The van der Waals surface area contributed by atoms with Gasteiger partial charge in [-0.15, -0.1) is 5.10 Å². The van der Waals surface area contributed by atoms with Crippen LogP contribution in [-0.2, 0) is 17.9 Å². The van der Waals surface area contributed by atoms with Crippen LogP contribution in [0.15, 0.2) is 54.7 Å². The van der Waals surface area contributed by atoms with Crippen molar-refractivity contribution in [1.29, 1.82) is 0 Å². The molecule has 0 bridgehead atoms. The van der Waals surface area contributed by atoms with E-state index in [0.29, 0.717) is 12.4 Å². The first kappa shape index (κ1) is 17.7.